The molecule has 0 N–H and O–H groups in total. The van der Waals surface area contributed by atoms with Gasteiger partial charge < -0.3 is 9.80 Å². The molecule has 4 aromatic rings. The highest BCUT2D eigenvalue weighted by molar-refractivity contribution is 8.00. The van der Waals surface area contributed by atoms with Crippen LogP contribution in [-0.2, 0) is 4.79 Å². The molecule has 1 saturated heterocycles. The molecule has 9 heteroatoms. The number of fused-ring (bicyclic) bond motifs is 1. The van der Waals surface area contributed by atoms with Gasteiger partial charge in [0.15, 0.2) is 5.65 Å². The lowest BCUT2D eigenvalue weighted by Crippen LogP contribution is -2.49. The van der Waals surface area contributed by atoms with Gasteiger partial charge in [0.25, 0.3) is 0 Å². The van der Waals surface area contributed by atoms with E-state index in [0.29, 0.717) is 18.8 Å². The minimum atomic E-state index is 0.118. The number of anilines is 1. The molecule has 1 aliphatic rings. The lowest BCUT2D eigenvalue weighted by Gasteiger charge is -2.35. The lowest BCUT2D eigenvalue weighted by molar-refractivity contribution is -0.128. The predicted octanol–water partition coefficient (Wildman–Crippen LogP) is 2.65. The number of amides is 1. The fourth-order valence-corrected chi connectivity index (χ4v) is 4.51. The molecule has 4 heterocycles. The highest BCUT2D eigenvalue weighted by Gasteiger charge is 2.22. The fraction of sp³-hybridized carbons (Fsp3) is 0.227. The maximum atomic E-state index is 12.8. The summed E-state index contributed by atoms with van der Waals surface area (Å²) in [5.74, 6) is 1.42. The van der Waals surface area contributed by atoms with Gasteiger partial charge in [0.1, 0.15) is 17.2 Å². The van der Waals surface area contributed by atoms with E-state index in [4.69, 9.17) is 0 Å². The normalized spacial score (nSPS) is 14.2. The summed E-state index contributed by atoms with van der Waals surface area (Å²) in [6.07, 6.45) is 5.09. The first-order valence-electron chi connectivity index (χ1n) is 10.1. The number of hydrogen-bond donors (Lipinski definition) is 0. The summed E-state index contributed by atoms with van der Waals surface area (Å²) in [7, 11) is 0. The molecule has 1 aliphatic heterocycles. The number of aromatic nitrogens is 5. The van der Waals surface area contributed by atoms with Crippen LogP contribution in [0.5, 0.6) is 0 Å². The Labute approximate surface area is 183 Å². The van der Waals surface area contributed by atoms with E-state index in [-0.39, 0.29) is 5.91 Å². The van der Waals surface area contributed by atoms with E-state index in [1.165, 1.54) is 18.1 Å². The topological polar surface area (TPSA) is 80.0 Å². The molecule has 5 rings (SSSR count). The second kappa shape index (κ2) is 8.73. The van der Waals surface area contributed by atoms with Crippen LogP contribution in [0, 0.1) is 0 Å². The Morgan fingerprint density at radius 1 is 0.935 bits per heavy atom. The molecule has 0 atom stereocenters. The molecule has 156 valence electrons. The Morgan fingerprint density at radius 3 is 2.52 bits per heavy atom. The molecule has 8 nitrogen and oxygen atoms in total. The Balaban J connectivity index is 1.23. The van der Waals surface area contributed by atoms with Crippen molar-refractivity contribution in [3.63, 3.8) is 0 Å². The maximum Gasteiger partial charge on any atom is 0.233 e. The number of nitrogens with zero attached hydrogens (tertiary/aromatic N) is 7. The Kier molecular flexibility index (Phi) is 5.49. The van der Waals surface area contributed by atoms with Gasteiger partial charge in [-0.1, -0.05) is 36.0 Å². The van der Waals surface area contributed by atoms with Crippen molar-refractivity contribution in [2.75, 3.05) is 36.8 Å². The Hall–Kier alpha value is -3.46. The second-order valence-electron chi connectivity index (χ2n) is 7.15. The van der Waals surface area contributed by atoms with Crippen LogP contribution in [0.2, 0.25) is 0 Å². The van der Waals surface area contributed by atoms with Crippen LogP contribution in [0.25, 0.3) is 16.7 Å². The average Bonchev–Trinajstić information content (AvgIpc) is 3.29. The number of para-hydroxylation sites is 1. The lowest BCUT2D eigenvalue weighted by atomic mass is 10.3. The SMILES string of the molecule is O=C(CSc1ncnc2c1cnn2-c1ccccc1)N1CCN(c2ccccn2)CC1. The largest absolute Gasteiger partial charge is 0.353 e. The van der Waals surface area contributed by atoms with Crippen LogP contribution in [0.4, 0.5) is 5.82 Å². The molecule has 0 aliphatic carbocycles. The van der Waals surface area contributed by atoms with Crippen molar-refractivity contribution in [1.82, 2.24) is 29.6 Å². The molecule has 31 heavy (non-hydrogen) atoms. The molecule has 0 radical (unpaired) electrons. The van der Waals surface area contributed by atoms with E-state index in [2.05, 4.69) is 25.0 Å². The number of carbonyl (C=O) groups is 1. The quantitative estimate of drug-likeness (QED) is 0.355. The summed E-state index contributed by atoms with van der Waals surface area (Å²) < 4.78 is 1.79. The summed E-state index contributed by atoms with van der Waals surface area (Å²) in [6, 6.07) is 15.8. The van der Waals surface area contributed by atoms with Crippen LogP contribution in [-0.4, -0.2) is 67.5 Å². The molecule has 0 spiro atoms. The van der Waals surface area contributed by atoms with Crippen molar-refractivity contribution in [1.29, 1.82) is 0 Å². The highest BCUT2D eigenvalue weighted by Crippen LogP contribution is 2.26. The number of piperazine rings is 1. The van der Waals surface area contributed by atoms with Gasteiger partial charge in [-0.15, -0.1) is 0 Å². The molecular formula is C22H21N7OS. The molecule has 3 aromatic heterocycles. The standard InChI is InChI=1S/C22H21N7OS/c30-20(28-12-10-27(11-13-28)19-8-4-5-9-23-19)15-31-22-18-14-26-29(21(18)24-16-25-22)17-6-2-1-3-7-17/h1-9,14,16H,10-13,15H2. The molecule has 1 aromatic carbocycles. The molecule has 0 unspecified atom stereocenters. The van der Waals surface area contributed by atoms with E-state index < -0.39 is 0 Å². The van der Waals surface area contributed by atoms with Gasteiger partial charge in [-0.3, -0.25) is 4.79 Å². The molecule has 1 amide bonds. The summed E-state index contributed by atoms with van der Waals surface area (Å²) in [5, 5.41) is 6.10. The average molecular weight is 432 g/mol. The van der Waals surface area contributed by atoms with Gasteiger partial charge in [0.05, 0.1) is 23.0 Å². The zero-order valence-corrected chi connectivity index (χ0v) is 17.6. The first-order chi connectivity index (χ1) is 15.3. The predicted molar refractivity (Wildman–Crippen MR) is 120 cm³/mol. The minimum Gasteiger partial charge on any atom is -0.353 e. The van der Waals surface area contributed by atoms with Crippen molar-refractivity contribution in [3.8, 4) is 5.69 Å². The summed E-state index contributed by atoms with van der Waals surface area (Å²) in [6.45, 7) is 2.96. The van der Waals surface area contributed by atoms with Crippen molar-refractivity contribution in [2.45, 2.75) is 5.03 Å². The van der Waals surface area contributed by atoms with Gasteiger partial charge in [0, 0.05) is 32.4 Å². The van der Waals surface area contributed by atoms with E-state index in [1.807, 2.05) is 53.4 Å². The third kappa shape index (κ3) is 4.09. The first-order valence-corrected chi connectivity index (χ1v) is 11.1. The van der Waals surface area contributed by atoms with E-state index in [9.17, 15) is 4.79 Å². The third-order valence-electron chi connectivity index (χ3n) is 5.27. The molecule has 0 bridgehead atoms. The van der Waals surface area contributed by atoms with Gasteiger partial charge in [-0.25, -0.2) is 19.6 Å². The van der Waals surface area contributed by atoms with Gasteiger partial charge >= 0.3 is 0 Å². The van der Waals surface area contributed by atoms with Crippen LogP contribution < -0.4 is 4.90 Å². The van der Waals surface area contributed by atoms with Crippen LogP contribution in [0.3, 0.4) is 0 Å². The first kappa shape index (κ1) is 19.5. The number of carbonyl (C=O) groups excluding carboxylic acids is 1. The number of hydrogen-bond acceptors (Lipinski definition) is 7. The third-order valence-corrected chi connectivity index (χ3v) is 6.26. The zero-order valence-electron chi connectivity index (χ0n) is 16.8. The highest BCUT2D eigenvalue weighted by atomic mass is 32.2. The van der Waals surface area contributed by atoms with Crippen molar-refractivity contribution in [3.05, 3.63) is 67.3 Å². The Bertz CT molecular complexity index is 1170. The molecule has 1 fully saturated rings. The summed E-state index contributed by atoms with van der Waals surface area (Å²) in [4.78, 5) is 30.1. The molecule has 0 saturated carbocycles. The summed E-state index contributed by atoms with van der Waals surface area (Å²) in [5.41, 5.74) is 1.68. The van der Waals surface area contributed by atoms with E-state index >= 15 is 0 Å². The fourth-order valence-electron chi connectivity index (χ4n) is 3.64. The second-order valence-corrected chi connectivity index (χ2v) is 8.12. The minimum absolute atomic E-state index is 0.118. The van der Waals surface area contributed by atoms with Gasteiger partial charge in [0.2, 0.25) is 5.91 Å². The Morgan fingerprint density at radius 2 is 1.74 bits per heavy atom. The zero-order chi connectivity index (χ0) is 21.0. The number of benzene rings is 1. The van der Waals surface area contributed by atoms with Gasteiger partial charge in [-0.05, 0) is 24.3 Å². The maximum absolute atomic E-state index is 12.8. The van der Waals surface area contributed by atoms with Crippen LogP contribution in [0.1, 0.15) is 0 Å². The van der Waals surface area contributed by atoms with Gasteiger partial charge in [-0.2, -0.15) is 5.10 Å². The van der Waals surface area contributed by atoms with Crippen molar-refractivity contribution in [2.24, 2.45) is 0 Å². The van der Waals surface area contributed by atoms with E-state index in [1.54, 1.807) is 17.1 Å². The van der Waals surface area contributed by atoms with Crippen molar-refractivity contribution >= 4 is 34.5 Å². The van der Waals surface area contributed by atoms with Crippen molar-refractivity contribution < 1.29 is 4.79 Å². The van der Waals surface area contributed by atoms with E-state index in [0.717, 1.165) is 40.7 Å². The number of pyridine rings is 1. The smallest absolute Gasteiger partial charge is 0.233 e. The molecular weight excluding hydrogens is 410 g/mol. The van der Waals surface area contributed by atoms with Crippen LogP contribution >= 0.6 is 11.8 Å². The summed E-state index contributed by atoms with van der Waals surface area (Å²) >= 11 is 1.44. The monoisotopic (exact) mass is 431 g/mol. The van der Waals surface area contributed by atoms with Crippen LogP contribution in [0.15, 0.2) is 72.3 Å². The number of thioether (sulfide) groups is 1. The number of rotatable bonds is 5.